The van der Waals surface area contributed by atoms with E-state index in [-0.39, 0.29) is 0 Å². The molecule has 0 unspecified atom stereocenters. The number of rotatable bonds is 8. The summed E-state index contributed by atoms with van der Waals surface area (Å²) in [4.78, 5) is 3.62. The fourth-order valence-electron chi connectivity index (χ4n) is 4.01. The minimum atomic E-state index is -1.01. The molecule has 0 radical (unpaired) electrons. The number of fused-ring (bicyclic) bond motifs is 1. The molecule has 1 aliphatic rings. The van der Waals surface area contributed by atoms with E-state index in [9.17, 15) is 5.11 Å². The quantitative estimate of drug-likeness (QED) is 0.334. The van der Waals surface area contributed by atoms with Crippen LogP contribution in [0, 0.1) is 11.8 Å². The topological polar surface area (TPSA) is 75.7 Å². The molecule has 0 saturated carbocycles. The molecule has 6 nitrogen and oxygen atoms in total. The lowest BCUT2D eigenvalue weighted by atomic mass is 10.1. The lowest BCUT2D eigenvalue weighted by molar-refractivity contribution is 0.0617. The molecule has 180 valence electrons. The fourth-order valence-corrected chi connectivity index (χ4v) is 4.01. The van der Waals surface area contributed by atoms with Gasteiger partial charge in [-0.2, -0.15) is 0 Å². The van der Waals surface area contributed by atoms with Gasteiger partial charge in [0.2, 0.25) is 0 Å². The Labute approximate surface area is 201 Å². The third-order valence-corrected chi connectivity index (χ3v) is 5.78. The van der Waals surface area contributed by atoms with Crippen LogP contribution in [0.4, 0.5) is 5.69 Å². The average Bonchev–Trinajstić information content (AvgIpc) is 3.26. The molecule has 1 aromatic heterocycles. The lowest BCUT2D eigenvalue weighted by Gasteiger charge is -2.24. The van der Waals surface area contributed by atoms with Gasteiger partial charge in [-0.25, -0.2) is 0 Å². The number of H-pyrrole nitrogens is 1. The third kappa shape index (κ3) is 6.62. The van der Waals surface area contributed by atoms with Crippen molar-refractivity contribution in [1.29, 1.82) is 0 Å². The SMILES string of the molecule is COCCOCc1cc(NC2CCOCC2)c2[nH]c(-c3ccc(C#CC(C)(C)O)cc3)cc2c1. The zero-order valence-corrected chi connectivity index (χ0v) is 20.2. The van der Waals surface area contributed by atoms with Crippen molar-refractivity contribution in [3.05, 3.63) is 53.6 Å². The molecule has 3 aromatic rings. The maximum atomic E-state index is 9.83. The minimum Gasteiger partial charge on any atom is -0.382 e. The van der Waals surface area contributed by atoms with Crippen LogP contribution >= 0.6 is 0 Å². The van der Waals surface area contributed by atoms with Gasteiger partial charge in [0.15, 0.2) is 0 Å². The summed E-state index contributed by atoms with van der Waals surface area (Å²) in [6.45, 7) is 6.64. The number of benzene rings is 2. The van der Waals surface area contributed by atoms with E-state index in [1.807, 2.05) is 12.1 Å². The van der Waals surface area contributed by atoms with E-state index in [0.717, 1.165) is 65.0 Å². The predicted octanol–water partition coefficient (Wildman–Crippen LogP) is 4.71. The standard InChI is InChI=1S/C28H34N2O4/c1-28(2,31)11-8-20-4-6-22(7-5-20)25-18-23-16-21(19-34-15-14-32-3)17-26(27(23)30-25)29-24-9-12-33-13-10-24/h4-7,16-18,24,29-31H,9-10,12-15,19H2,1-3H3. The second kappa shape index (κ2) is 11.1. The lowest BCUT2D eigenvalue weighted by Crippen LogP contribution is -2.28. The molecule has 4 rings (SSSR count). The van der Waals surface area contributed by atoms with Crippen LogP contribution in [0.3, 0.4) is 0 Å². The average molecular weight is 463 g/mol. The van der Waals surface area contributed by atoms with Crippen LogP contribution in [-0.2, 0) is 20.8 Å². The summed E-state index contributed by atoms with van der Waals surface area (Å²) in [7, 11) is 1.68. The van der Waals surface area contributed by atoms with Crippen LogP contribution in [0.1, 0.15) is 37.8 Å². The van der Waals surface area contributed by atoms with E-state index in [4.69, 9.17) is 14.2 Å². The Bertz CT molecular complexity index is 1140. The zero-order chi connectivity index (χ0) is 24.0. The normalized spacial score (nSPS) is 14.7. The van der Waals surface area contributed by atoms with E-state index in [1.165, 1.54) is 0 Å². The van der Waals surface area contributed by atoms with Crippen LogP contribution in [0.5, 0.6) is 0 Å². The van der Waals surface area contributed by atoms with Gasteiger partial charge in [0.25, 0.3) is 0 Å². The Morgan fingerprint density at radius 3 is 2.59 bits per heavy atom. The molecule has 0 amide bonds. The van der Waals surface area contributed by atoms with E-state index >= 15 is 0 Å². The second-order valence-corrected chi connectivity index (χ2v) is 9.25. The molecule has 1 aliphatic heterocycles. The number of hydrogen-bond donors (Lipinski definition) is 3. The van der Waals surface area contributed by atoms with Crippen molar-refractivity contribution in [2.75, 3.05) is 38.9 Å². The number of methoxy groups -OCH3 is 1. The number of ether oxygens (including phenoxy) is 3. The van der Waals surface area contributed by atoms with Gasteiger partial charge in [0.05, 0.1) is 31.0 Å². The Balaban J connectivity index is 1.61. The molecule has 34 heavy (non-hydrogen) atoms. The van der Waals surface area contributed by atoms with E-state index in [1.54, 1.807) is 21.0 Å². The van der Waals surface area contributed by atoms with E-state index in [0.29, 0.717) is 25.9 Å². The van der Waals surface area contributed by atoms with Crippen molar-refractivity contribution in [2.24, 2.45) is 0 Å². The highest BCUT2D eigenvalue weighted by Crippen LogP contribution is 2.32. The highest BCUT2D eigenvalue weighted by Gasteiger charge is 2.17. The van der Waals surface area contributed by atoms with Crippen LogP contribution in [0.25, 0.3) is 22.2 Å². The maximum absolute atomic E-state index is 9.83. The first-order valence-electron chi connectivity index (χ1n) is 11.8. The number of nitrogens with one attached hydrogen (secondary N) is 2. The Morgan fingerprint density at radius 1 is 1.12 bits per heavy atom. The summed E-state index contributed by atoms with van der Waals surface area (Å²) in [5.41, 5.74) is 5.31. The maximum Gasteiger partial charge on any atom is 0.120 e. The predicted molar refractivity (Wildman–Crippen MR) is 136 cm³/mol. The summed E-state index contributed by atoms with van der Waals surface area (Å²) in [6, 6.07) is 15.0. The minimum absolute atomic E-state index is 0.391. The molecule has 3 N–H and O–H groups in total. The number of aromatic nitrogens is 1. The molecule has 6 heteroatoms. The van der Waals surface area contributed by atoms with Gasteiger partial charge < -0.3 is 29.6 Å². The Hall–Kier alpha value is -2.82. The van der Waals surface area contributed by atoms with Gasteiger partial charge in [0, 0.05) is 43.0 Å². The molecule has 0 spiro atoms. The first kappa shape index (κ1) is 24.3. The van der Waals surface area contributed by atoms with Crippen LogP contribution in [0.15, 0.2) is 42.5 Å². The third-order valence-electron chi connectivity index (χ3n) is 5.78. The molecule has 1 saturated heterocycles. The van der Waals surface area contributed by atoms with Crippen molar-refractivity contribution in [3.63, 3.8) is 0 Å². The fraction of sp³-hybridized carbons (Fsp3) is 0.429. The van der Waals surface area contributed by atoms with Gasteiger partial charge in [-0.15, -0.1) is 0 Å². The highest BCUT2D eigenvalue weighted by atomic mass is 16.5. The van der Waals surface area contributed by atoms with Gasteiger partial charge >= 0.3 is 0 Å². The second-order valence-electron chi connectivity index (χ2n) is 9.25. The molecule has 0 atom stereocenters. The van der Waals surface area contributed by atoms with E-state index in [2.05, 4.69) is 52.5 Å². The summed E-state index contributed by atoms with van der Waals surface area (Å²) in [5.74, 6) is 5.88. The molecule has 0 aliphatic carbocycles. The van der Waals surface area contributed by atoms with Crippen molar-refractivity contribution in [3.8, 4) is 23.1 Å². The number of aliphatic hydroxyl groups is 1. The number of hydrogen-bond acceptors (Lipinski definition) is 5. The Kier molecular flexibility index (Phi) is 7.91. The van der Waals surface area contributed by atoms with Gasteiger partial charge in [-0.05, 0) is 68.1 Å². The summed E-state index contributed by atoms with van der Waals surface area (Å²) in [6.07, 6.45) is 1.99. The van der Waals surface area contributed by atoms with Crippen molar-refractivity contribution in [2.45, 2.75) is 44.9 Å². The summed E-state index contributed by atoms with van der Waals surface area (Å²) in [5, 5.41) is 14.7. The zero-order valence-electron chi connectivity index (χ0n) is 20.2. The largest absolute Gasteiger partial charge is 0.382 e. The van der Waals surface area contributed by atoms with Crippen LogP contribution < -0.4 is 5.32 Å². The first-order chi connectivity index (χ1) is 16.4. The molecular formula is C28H34N2O4. The summed E-state index contributed by atoms with van der Waals surface area (Å²) >= 11 is 0. The molecule has 1 fully saturated rings. The van der Waals surface area contributed by atoms with Crippen LogP contribution in [-0.4, -0.2) is 55.3 Å². The number of anilines is 1. The van der Waals surface area contributed by atoms with Gasteiger partial charge in [-0.1, -0.05) is 24.0 Å². The smallest absolute Gasteiger partial charge is 0.120 e. The van der Waals surface area contributed by atoms with Crippen molar-refractivity contribution < 1.29 is 19.3 Å². The molecule has 2 aromatic carbocycles. The molecule has 0 bridgehead atoms. The Morgan fingerprint density at radius 2 is 1.88 bits per heavy atom. The monoisotopic (exact) mass is 462 g/mol. The number of aromatic amines is 1. The van der Waals surface area contributed by atoms with Crippen molar-refractivity contribution >= 4 is 16.6 Å². The van der Waals surface area contributed by atoms with Crippen LogP contribution in [0.2, 0.25) is 0 Å². The molecule has 2 heterocycles. The van der Waals surface area contributed by atoms with Crippen molar-refractivity contribution in [1.82, 2.24) is 4.98 Å². The summed E-state index contributed by atoms with van der Waals surface area (Å²) < 4.78 is 16.4. The molecular weight excluding hydrogens is 428 g/mol. The highest BCUT2D eigenvalue weighted by molar-refractivity contribution is 5.95. The first-order valence-corrected chi connectivity index (χ1v) is 11.8. The van der Waals surface area contributed by atoms with Gasteiger partial charge in [0.1, 0.15) is 5.60 Å². The van der Waals surface area contributed by atoms with E-state index < -0.39 is 5.60 Å². The van der Waals surface area contributed by atoms with Gasteiger partial charge in [-0.3, -0.25) is 0 Å².